The van der Waals surface area contributed by atoms with Crippen LogP contribution in [-0.4, -0.2) is 12.4 Å². The zero-order valence-electron chi connectivity index (χ0n) is 11.6. The fourth-order valence-electron chi connectivity index (χ4n) is 2.55. The zero-order chi connectivity index (χ0) is 13.9. The second kappa shape index (κ2) is 6.11. The van der Waals surface area contributed by atoms with Gasteiger partial charge >= 0.3 is 0 Å². The standard InChI is InChI=1S/C17H18ClNS/c1-2-13-8-9-17-15(12-13)19(11-5-10-18)14-6-3-4-7-16(14)20-17/h3-4,6-9,12H,2,5,10-11H2,1H3. The first-order chi connectivity index (χ1) is 9.83. The summed E-state index contributed by atoms with van der Waals surface area (Å²) in [5.74, 6) is 0.703. The molecule has 1 nitrogen and oxygen atoms in total. The Morgan fingerprint density at radius 2 is 1.85 bits per heavy atom. The van der Waals surface area contributed by atoms with Crippen LogP contribution in [-0.2, 0) is 6.42 Å². The number of anilines is 2. The minimum absolute atomic E-state index is 0.703. The van der Waals surface area contributed by atoms with Crippen LogP contribution in [0.2, 0.25) is 0 Å². The van der Waals surface area contributed by atoms with E-state index >= 15 is 0 Å². The van der Waals surface area contributed by atoms with Gasteiger partial charge in [0.15, 0.2) is 0 Å². The van der Waals surface area contributed by atoms with Crippen LogP contribution in [0.25, 0.3) is 0 Å². The van der Waals surface area contributed by atoms with E-state index in [1.807, 2.05) is 11.8 Å². The predicted molar refractivity (Wildman–Crippen MR) is 88.7 cm³/mol. The Balaban J connectivity index is 2.06. The third kappa shape index (κ3) is 2.55. The van der Waals surface area contributed by atoms with E-state index in [-0.39, 0.29) is 0 Å². The van der Waals surface area contributed by atoms with Gasteiger partial charge in [-0.25, -0.2) is 0 Å². The second-order valence-electron chi connectivity index (χ2n) is 4.92. The average molecular weight is 304 g/mol. The van der Waals surface area contributed by atoms with Crippen LogP contribution in [0.15, 0.2) is 52.3 Å². The number of halogens is 1. The maximum atomic E-state index is 5.90. The number of alkyl halides is 1. The third-order valence-corrected chi connectivity index (χ3v) is 5.01. The van der Waals surface area contributed by atoms with E-state index in [1.165, 1.54) is 26.7 Å². The lowest BCUT2D eigenvalue weighted by atomic mass is 10.1. The predicted octanol–water partition coefficient (Wildman–Crippen LogP) is 5.48. The van der Waals surface area contributed by atoms with Gasteiger partial charge in [-0.15, -0.1) is 11.6 Å². The second-order valence-corrected chi connectivity index (χ2v) is 6.38. The van der Waals surface area contributed by atoms with Crippen LogP contribution in [0.3, 0.4) is 0 Å². The first-order valence-electron chi connectivity index (χ1n) is 7.06. The molecule has 2 aromatic carbocycles. The highest BCUT2D eigenvalue weighted by Gasteiger charge is 2.22. The number of aryl methyl sites for hydroxylation is 1. The molecule has 0 fully saturated rings. The number of hydrogen-bond donors (Lipinski definition) is 0. The van der Waals surface area contributed by atoms with Crippen LogP contribution < -0.4 is 4.90 Å². The molecule has 0 N–H and O–H groups in total. The van der Waals surface area contributed by atoms with Gasteiger partial charge in [0.25, 0.3) is 0 Å². The minimum Gasteiger partial charge on any atom is -0.340 e. The molecule has 3 rings (SSSR count). The monoisotopic (exact) mass is 303 g/mol. The lowest BCUT2D eigenvalue weighted by Crippen LogP contribution is -2.22. The number of para-hydroxylation sites is 1. The van der Waals surface area contributed by atoms with Crippen LogP contribution in [0.1, 0.15) is 18.9 Å². The molecule has 1 aliphatic heterocycles. The van der Waals surface area contributed by atoms with Crippen LogP contribution in [0, 0.1) is 0 Å². The van der Waals surface area contributed by atoms with Gasteiger partial charge in [0, 0.05) is 22.2 Å². The summed E-state index contributed by atoms with van der Waals surface area (Å²) < 4.78 is 0. The first-order valence-corrected chi connectivity index (χ1v) is 8.42. The van der Waals surface area contributed by atoms with Crippen molar-refractivity contribution in [2.24, 2.45) is 0 Å². The van der Waals surface area contributed by atoms with Gasteiger partial charge in [-0.2, -0.15) is 0 Å². The first kappa shape index (κ1) is 13.8. The number of nitrogens with zero attached hydrogens (tertiary/aromatic N) is 1. The molecule has 3 heteroatoms. The highest BCUT2D eigenvalue weighted by molar-refractivity contribution is 7.99. The van der Waals surface area contributed by atoms with E-state index in [4.69, 9.17) is 11.6 Å². The Labute approximate surface area is 129 Å². The Bertz CT molecular complexity index is 612. The summed E-state index contributed by atoms with van der Waals surface area (Å²) in [6.45, 7) is 3.18. The van der Waals surface area contributed by atoms with E-state index in [9.17, 15) is 0 Å². The molecule has 1 heterocycles. The Morgan fingerprint density at radius 3 is 2.65 bits per heavy atom. The molecule has 2 aromatic rings. The molecule has 0 radical (unpaired) electrons. The van der Waals surface area contributed by atoms with E-state index in [0.717, 1.165) is 19.4 Å². The third-order valence-electron chi connectivity index (χ3n) is 3.61. The van der Waals surface area contributed by atoms with Crippen LogP contribution in [0.4, 0.5) is 11.4 Å². The normalized spacial score (nSPS) is 13.0. The van der Waals surface area contributed by atoms with Gasteiger partial charge in [-0.1, -0.05) is 36.9 Å². The van der Waals surface area contributed by atoms with Gasteiger partial charge in [0.05, 0.1) is 11.4 Å². The van der Waals surface area contributed by atoms with Gasteiger partial charge in [0.2, 0.25) is 0 Å². The average Bonchev–Trinajstić information content (AvgIpc) is 2.51. The van der Waals surface area contributed by atoms with Crippen molar-refractivity contribution in [3.63, 3.8) is 0 Å². The molecule has 1 aliphatic rings. The molecular formula is C17H18ClNS. The lowest BCUT2D eigenvalue weighted by Gasteiger charge is -2.33. The van der Waals surface area contributed by atoms with Crippen molar-refractivity contribution in [3.05, 3.63) is 48.0 Å². The molecule has 0 atom stereocenters. The summed E-state index contributed by atoms with van der Waals surface area (Å²) in [5, 5.41) is 0. The lowest BCUT2D eigenvalue weighted by molar-refractivity contribution is 0.869. The molecule has 0 bridgehead atoms. The zero-order valence-corrected chi connectivity index (χ0v) is 13.2. The molecule has 0 unspecified atom stereocenters. The highest BCUT2D eigenvalue weighted by Crippen LogP contribution is 2.48. The largest absolute Gasteiger partial charge is 0.340 e. The smallest absolute Gasteiger partial charge is 0.0555 e. The molecule has 0 aromatic heterocycles. The molecule has 20 heavy (non-hydrogen) atoms. The molecule has 0 saturated carbocycles. The molecule has 0 amide bonds. The maximum absolute atomic E-state index is 5.90. The van der Waals surface area contributed by atoms with Gasteiger partial charge in [-0.3, -0.25) is 0 Å². The van der Waals surface area contributed by atoms with Gasteiger partial charge < -0.3 is 4.90 Å². The molecule has 0 aliphatic carbocycles. The number of rotatable bonds is 4. The minimum atomic E-state index is 0.703. The highest BCUT2D eigenvalue weighted by atomic mass is 35.5. The summed E-state index contributed by atoms with van der Waals surface area (Å²) in [6, 6.07) is 15.4. The van der Waals surface area contributed by atoms with Crippen molar-refractivity contribution in [2.45, 2.75) is 29.6 Å². The Morgan fingerprint density at radius 1 is 1.05 bits per heavy atom. The molecule has 0 spiro atoms. The van der Waals surface area contributed by atoms with Crippen molar-refractivity contribution in [2.75, 3.05) is 17.3 Å². The Hall–Kier alpha value is -1.12. The van der Waals surface area contributed by atoms with Crippen molar-refractivity contribution in [1.82, 2.24) is 0 Å². The maximum Gasteiger partial charge on any atom is 0.0555 e. The molecule has 104 valence electrons. The van der Waals surface area contributed by atoms with Crippen LogP contribution >= 0.6 is 23.4 Å². The van der Waals surface area contributed by atoms with Crippen molar-refractivity contribution in [1.29, 1.82) is 0 Å². The molecule has 0 saturated heterocycles. The van der Waals surface area contributed by atoms with E-state index in [1.54, 1.807) is 0 Å². The number of fused-ring (bicyclic) bond motifs is 2. The van der Waals surface area contributed by atoms with Crippen LogP contribution in [0.5, 0.6) is 0 Å². The van der Waals surface area contributed by atoms with E-state index in [0.29, 0.717) is 5.88 Å². The Kier molecular flexibility index (Phi) is 4.23. The SMILES string of the molecule is CCc1ccc2c(c1)N(CCCCl)c1ccccc1S2. The summed E-state index contributed by atoms with van der Waals surface area (Å²) in [6.07, 6.45) is 2.07. The topological polar surface area (TPSA) is 3.24 Å². The summed E-state index contributed by atoms with van der Waals surface area (Å²) >= 11 is 7.77. The van der Waals surface area contributed by atoms with Crippen molar-refractivity contribution >= 4 is 34.7 Å². The fraction of sp³-hybridized carbons (Fsp3) is 0.294. The van der Waals surface area contributed by atoms with Crippen molar-refractivity contribution in [3.8, 4) is 0 Å². The fourth-order valence-corrected chi connectivity index (χ4v) is 3.75. The number of benzene rings is 2. The summed E-state index contributed by atoms with van der Waals surface area (Å²) in [5.41, 5.74) is 4.03. The van der Waals surface area contributed by atoms with E-state index in [2.05, 4.69) is 54.3 Å². The van der Waals surface area contributed by atoms with Gasteiger partial charge in [-0.05, 0) is 42.7 Å². The number of hydrogen-bond acceptors (Lipinski definition) is 2. The van der Waals surface area contributed by atoms with Crippen molar-refractivity contribution < 1.29 is 0 Å². The quantitative estimate of drug-likeness (QED) is 0.688. The summed E-state index contributed by atoms with van der Waals surface area (Å²) in [4.78, 5) is 5.09. The van der Waals surface area contributed by atoms with E-state index < -0.39 is 0 Å². The summed E-state index contributed by atoms with van der Waals surface area (Å²) in [7, 11) is 0. The molecular weight excluding hydrogens is 286 g/mol. The van der Waals surface area contributed by atoms with Gasteiger partial charge in [0.1, 0.15) is 0 Å².